The van der Waals surface area contributed by atoms with Crippen molar-refractivity contribution in [2.24, 2.45) is 0 Å². The number of rotatable bonds is 6. The number of nitrogens with zero attached hydrogens (tertiary/aromatic N) is 3. The van der Waals surface area contributed by atoms with Crippen LogP contribution in [-0.4, -0.2) is 48.5 Å². The zero-order valence-corrected chi connectivity index (χ0v) is 11.7. The van der Waals surface area contributed by atoms with Crippen molar-refractivity contribution in [3.05, 3.63) is 42.6 Å². The van der Waals surface area contributed by atoms with E-state index in [1.807, 2.05) is 48.3 Å². The maximum absolute atomic E-state index is 9.76. The predicted octanol–water partition coefficient (Wildman–Crippen LogP) is 1.59. The molecule has 0 saturated carbocycles. The molecule has 1 atom stereocenters. The minimum absolute atomic E-state index is 0.307. The molecule has 0 fully saturated rings. The molecule has 106 valence electrons. The molecule has 0 spiro atoms. The van der Waals surface area contributed by atoms with Crippen molar-refractivity contribution in [1.29, 1.82) is 0 Å². The first-order chi connectivity index (χ1) is 9.70. The lowest BCUT2D eigenvalue weighted by Crippen LogP contribution is -2.32. The van der Waals surface area contributed by atoms with Crippen LogP contribution in [0.4, 0.5) is 5.82 Å². The number of hydrogen-bond donors (Lipinski definition) is 1. The summed E-state index contributed by atoms with van der Waals surface area (Å²) in [5.41, 5.74) is 0.972. The van der Waals surface area contributed by atoms with E-state index >= 15 is 0 Å². The lowest BCUT2D eigenvalue weighted by Gasteiger charge is -2.21. The van der Waals surface area contributed by atoms with Crippen LogP contribution < -0.4 is 4.90 Å². The number of ether oxygens (including phenoxy) is 1. The van der Waals surface area contributed by atoms with E-state index in [0.717, 1.165) is 11.4 Å². The van der Waals surface area contributed by atoms with E-state index in [4.69, 9.17) is 4.74 Å². The quantitative estimate of drug-likeness (QED) is 0.866. The summed E-state index contributed by atoms with van der Waals surface area (Å²) in [6.07, 6.45) is 1.18. The summed E-state index contributed by atoms with van der Waals surface area (Å²) in [4.78, 5) is 10.7. The molecular formula is C15H19N3O2. The third kappa shape index (κ3) is 3.76. The van der Waals surface area contributed by atoms with Gasteiger partial charge in [0.1, 0.15) is 5.82 Å². The lowest BCUT2D eigenvalue weighted by atomic mass is 10.2. The summed E-state index contributed by atoms with van der Waals surface area (Å²) in [5.74, 6) is 1.45. The minimum atomic E-state index is -0.542. The van der Waals surface area contributed by atoms with Gasteiger partial charge in [-0.1, -0.05) is 30.3 Å². The Bertz CT molecular complexity index is 534. The highest BCUT2D eigenvalue weighted by Gasteiger charge is 2.11. The second-order valence-electron chi connectivity index (χ2n) is 4.59. The number of likely N-dealkylation sites (N-methyl/N-ethyl adjacent to an activating group) is 1. The van der Waals surface area contributed by atoms with E-state index < -0.39 is 6.10 Å². The van der Waals surface area contributed by atoms with E-state index in [-0.39, 0.29) is 0 Å². The van der Waals surface area contributed by atoms with Crippen molar-refractivity contribution in [3.63, 3.8) is 0 Å². The molecule has 2 rings (SSSR count). The minimum Gasteiger partial charge on any atom is -0.389 e. The van der Waals surface area contributed by atoms with Gasteiger partial charge in [0.25, 0.3) is 0 Å². The smallest absolute Gasteiger partial charge is 0.161 e. The van der Waals surface area contributed by atoms with Gasteiger partial charge in [0.2, 0.25) is 0 Å². The van der Waals surface area contributed by atoms with Crippen LogP contribution >= 0.6 is 0 Å². The first-order valence-electron chi connectivity index (χ1n) is 6.47. The normalized spacial score (nSPS) is 12.2. The Morgan fingerprint density at radius 3 is 2.70 bits per heavy atom. The lowest BCUT2D eigenvalue weighted by molar-refractivity contribution is 0.0694. The molecule has 0 amide bonds. The highest BCUT2D eigenvalue weighted by molar-refractivity contribution is 5.56. The molecule has 0 aliphatic rings. The third-order valence-electron chi connectivity index (χ3n) is 2.91. The fourth-order valence-corrected chi connectivity index (χ4v) is 1.94. The predicted molar refractivity (Wildman–Crippen MR) is 78.6 cm³/mol. The molecule has 1 aromatic heterocycles. The van der Waals surface area contributed by atoms with Gasteiger partial charge in [0.15, 0.2) is 5.82 Å². The molecule has 5 nitrogen and oxygen atoms in total. The maximum atomic E-state index is 9.76. The fraction of sp³-hybridized carbons (Fsp3) is 0.333. The maximum Gasteiger partial charge on any atom is 0.161 e. The van der Waals surface area contributed by atoms with E-state index in [0.29, 0.717) is 19.0 Å². The number of aromatic nitrogens is 2. The summed E-state index contributed by atoms with van der Waals surface area (Å²) in [5, 5.41) is 9.76. The van der Waals surface area contributed by atoms with Gasteiger partial charge >= 0.3 is 0 Å². The van der Waals surface area contributed by atoms with Crippen molar-refractivity contribution in [1.82, 2.24) is 9.97 Å². The van der Waals surface area contributed by atoms with Crippen molar-refractivity contribution in [2.45, 2.75) is 6.10 Å². The van der Waals surface area contributed by atoms with E-state index in [9.17, 15) is 5.11 Å². The average molecular weight is 273 g/mol. The van der Waals surface area contributed by atoms with Crippen molar-refractivity contribution >= 4 is 5.82 Å². The average Bonchev–Trinajstić information content (AvgIpc) is 2.48. The molecule has 20 heavy (non-hydrogen) atoms. The molecule has 0 unspecified atom stereocenters. The van der Waals surface area contributed by atoms with E-state index in [2.05, 4.69) is 9.97 Å². The number of methoxy groups -OCH3 is 1. The SMILES string of the molecule is COC[C@@H](O)CN(C)c1ccnc(-c2ccccc2)n1. The Labute approximate surface area is 118 Å². The Balaban J connectivity index is 2.13. The van der Waals surface area contributed by atoms with Crippen LogP contribution in [0.25, 0.3) is 11.4 Å². The molecule has 1 aromatic carbocycles. The second kappa shape index (κ2) is 6.98. The Morgan fingerprint density at radius 2 is 2.00 bits per heavy atom. The van der Waals surface area contributed by atoms with Gasteiger partial charge in [0, 0.05) is 32.5 Å². The molecule has 1 N–H and O–H groups in total. The number of benzene rings is 1. The zero-order chi connectivity index (χ0) is 14.4. The first-order valence-corrected chi connectivity index (χ1v) is 6.47. The number of aliphatic hydroxyl groups excluding tert-OH is 1. The number of anilines is 1. The molecule has 5 heteroatoms. The van der Waals surface area contributed by atoms with Gasteiger partial charge in [-0.25, -0.2) is 9.97 Å². The molecule has 0 aliphatic carbocycles. The monoisotopic (exact) mass is 273 g/mol. The molecule has 0 aliphatic heterocycles. The van der Waals surface area contributed by atoms with Crippen LogP contribution in [0.3, 0.4) is 0 Å². The van der Waals surface area contributed by atoms with Crippen LogP contribution in [0, 0.1) is 0 Å². The van der Waals surface area contributed by atoms with Gasteiger partial charge < -0.3 is 14.7 Å². The van der Waals surface area contributed by atoms with Gasteiger partial charge in [-0.15, -0.1) is 0 Å². The van der Waals surface area contributed by atoms with Gasteiger partial charge in [0.05, 0.1) is 12.7 Å². The topological polar surface area (TPSA) is 58.5 Å². The molecule has 0 saturated heterocycles. The summed E-state index contributed by atoms with van der Waals surface area (Å²) in [6, 6.07) is 11.6. The van der Waals surface area contributed by atoms with Crippen molar-refractivity contribution in [2.75, 3.05) is 32.2 Å². The molecule has 1 heterocycles. The van der Waals surface area contributed by atoms with Crippen LogP contribution in [-0.2, 0) is 4.74 Å². The summed E-state index contributed by atoms with van der Waals surface area (Å²) in [7, 11) is 3.46. The summed E-state index contributed by atoms with van der Waals surface area (Å²) >= 11 is 0. The molecule has 2 aromatic rings. The number of hydrogen-bond acceptors (Lipinski definition) is 5. The van der Waals surface area contributed by atoms with Crippen LogP contribution in [0.2, 0.25) is 0 Å². The van der Waals surface area contributed by atoms with Gasteiger partial charge in [-0.3, -0.25) is 0 Å². The molecule has 0 bridgehead atoms. The summed E-state index contributed by atoms with van der Waals surface area (Å²) < 4.78 is 4.92. The van der Waals surface area contributed by atoms with Crippen LogP contribution in [0.5, 0.6) is 0 Å². The fourth-order valence-electron chi connectivity index (χ4n) is 1.94. The number of aliphatic hydroxyl groups is 1. The van der Waals surface area contributed by atoms with Crippen molar-refractivity contribution in [3.8, 4) is 11.4 Å². The zero-order valence-electron chi connectivity index (χ0n) is 11.7. The highest BCUT2D eigenvalue weighted by Crippen LogP contribution is 2.17. The highest BCUT2D eigenvalue weighted by atomic mass is 16.5. The summed E-state index contributed by atoms with van der Waals surface area (Å²) in [6.45, 7) is 0.764. The molecular weight excluding hydrogens is 254 g/mol. The van der Waals surface area contributed by atoms with Crippen molar-refractivity contribution < 1.29 is 9.84 Å². The Morgan fingerprint density at radius 1 is 1.25 bits per heavy atom. The first kappa shape index (κ1) is 14.4. The van der Waals surface area contributed by atoms with E-state index in [1.165, 1.54) is 0 Å². The van der Waals surface area contributed by atoms with Crippen LogP contribution in [0.15, 0.2) is 42.6 Å². The van der Waals surface area contributed by atoms with Crippen LogP contribution in [0.1, 0.15) is 0 Å². The second-order valence-corrected chi connectivity index (χ2v) is 4.59. The Hall–Kier alpha value is -1.98. The van der Waals surface area contributed by atoms with E-state index in [1.54, 1.807) is 13.3 Å². The molecule has 0 radical (unpaired) electrons. The Kier molecular flexibility index (Phi) is 5.03. The standard InChI is InChI=1S/C15H19N3O2/c1-18(10-13(19)11-20-2)14-8-9-16-15(17-14)12-6-4-3-5-7-12/h3-9,13,19H,10-11H2,1-2H3/t13-/m0/s1. The third-order valence-corrected chi connectivity index (χ3v) is 2.91. The largest absolute Gasteiger partial charge is 0.389 e. The van der Waals surface area contributed by atoms with Gasteiger partial charge in [-0.2, -0.15) is 0 Å². The van der Waals surface area contributed by atoms with Gasteiger partial charge in [-0.05, 0) is 6.07 Å².